The minimum absolute atomic E-state index is 0.0611. The van der Waals surface area contributed by atoms with Crippen LogP contribution in [0.25, 0.3) is 5.52 Å². The Bertz CT molecular complexity index is 1750. The van der Waals surface area contributed by atoms with Crippen LogP contribution in [0.2, 0.25) is 0 Å². The number of amides is 2. The number of hydrogen-bond acceptors (Lipinski definition) is 5. The molecular weight excluding hydrogens is 667 g/mol. The summed E-state index contributed by atoms with van der Waals surface area (Å²) in [5.41, 5.74) is 0.613. The van der Waals surface area contributed by atoms with E-state index in [2.05, 4.69) is 26.3 Å². The van der Waals surface area contributed by atoms with E-state index in [1.54, 1.807) is 37.2 Å². The van der Waals surface area contributed by atoms with Crippen molar-refractivity contribution in [1.82, 2.24) is 24.4 Å². The van der Waals surface area contributed by atoms with Crippen molar-refractivity contribution in [2.45, 2.75) is 71.8 Å². The molecule has 246 valence electrons. The van der Waals surface area contributed by atoms with Crippen LogP contribution in [0.15, 0.2) is 69.9 Å². The van der Waals surface area contributed by atoms with Crippen LogP contribution in [0.5, 0.6) is 0 Å². The Morgan fingerprint density at radius 1 is 1.07 bits per heavy atom. The Balaban J connectivity index is 1.78. The second-order valence-electron chi connectivity index (χ2n) is 11.9. The van der Waals surface area contributed by atoms with E-state index >= 15 is 0 Å². The Morgan fingerprint density at radius 2 is 1.72 bits per heavy atom. The average Bonchev–Trinajstić information content (AvgIpc) is 3.28. The summed E-state index contributed by atoms with van der Waals surface area (Å²) in [5, 5.41) is 7.10. The van der Waals surface area contributed by atoms with Gasteiger partial charge in [0.05, 0.1) is 33.8 Å². The number of carbonyl (C=O) groups excluding carboxylic acids is 2. The predicted octanol–water partition coefficient (Wildman–Crippen LogP) is 7.14. The molecule has 2 aromatic carbocycles. The van der Waals surface area contributed by atoms with E-state index in [9.17, 15) is 27.6 Å². The SMILES string of the molecule is CC[C@H](c1cc2c(Br)c(C)nn2c(=O)n1Cc1ccccc1)N(CCCNC(=O)OC(C)(C)C)C(=O)c1ccc(C(F)(F)F)cc1. The fourth-order valence-electron chi connectivity index (χ4n) is 5.15. The maximum Gasteiger partial charge on any atom is 0.416 e. The second-order valence-corrected chi connectivity index (χ2v) is 12.7. The molecular formula is C33H37BrF3N5O4. The van der Waals surface area contributed by atoms with Gasteiger partial charge in [-0.2, -0.15) is 22.8 Å². The molecule has 13 heteroatoms. The molecule has 0 saturated carbocycles. The number of fused-ring (bicyclic) bond motifs is 1. The number of ether oxygens (including phenoxy) is 1. The molecule has 4 rings (SSSR count). The summed E-state index contributed by atoms with van der Waals surface area (Å²) in [5.74, 6) is -0.514. The Kier molecular flexibility index (Phi) is 10.7. The third-order valence-corrected chi connectivity index (χ3v) is 8.26. The Labute approximate surface area is 273 Å². The van der Waals surface area contributed by atoms with E-state index in [1.165, 1.54) is 4.52 Å². The first kappa shape index (κ1) is 34.7. The second kappa shape index (κ2) is 14.1. The molecule has 0 aliphatic carbocycles. The number of hydrogen-bond donors (Lipinski definition) is 1. The number of alkyl halides is 3. The molecule has 0 fully saturated rings. The monoisotopic (exact) mass is 703 g/mol. The lowest BCUT2D eigenvalue weighted by Crippen LogP contribution is -2.41. The fraction of sp³-hybridized carbons (Fsp3) is 0.394. The minimum atomic E-state index is -4.56. The number of aryl methyl sites for hydroxylation is 1. The molecule has 0 spiro atoms. The number of aromatic nitrogens is 3. The smallest absolute Gasteiger partial charge is 0.416 e. The van der Waals surface area contributed by atoms with Crippen molar-refractivity contribution in [1.29, 1.82) is 0 Å². The van der Waals surface area contributed by atoms with Crippen molar-refractivity contribution in [2.24, 2.45) is 0 Å². The van der Waals surface area contributed by atoms with Gasteiger partial charge in [-0.1, -0.05) is 37.3 Å². The summed E-state index contributed by atoms with van der Waals surface area (Å²) in [6.07, 6.45) is -4.48. The highest BCUT2D eigenvalue weighted by Crippen LogP contribution is 2.32. The van der Waals surface area contributed by atoms with Crippen LogP contribution in [0.4, 0.5) is 18.0 Å². The number of benzene rings is 2. The molecule has 1 atom stereocenters. The van der Waals surface area contributed by atoms with Gasteiger partial charge in [0, 0.05) is 24.3 Å². The first-order valence-electron chi connectivity index (χ1n) is 14.9. The van der Waals surface area contributed by atoms with E-state index in [4.69, 9.17) is 4.74 Å². The van der Waals surface area contributed by atoms with E-state index in [0.717, 1.165) is 29.8 Å². The van der Waals surface area contributed by atoms with Gasteiger partial charge in [0.25, 0.3) is 5.91 Å². The first-order chi connectivity index (χ1) is 21.6. The lowest BCUT2D eigenvalue weighted by atomic mass is 10.0. The van der Waals surface area contributed by atoms with E-state index in [0.29, 0.717) is 34.2 Å². The Morgan fingerprint density at radius 3 is 2.30 bits per heavy atom. The zero-order valence-corrected chi connectivity index (χ0v) is 27.9. The maximum absolute atomic E-state index is 14.1. The fourth-order valence-corrected chi connectivity index (χ4v) is 5.51. The lowest BCUT2D eigenvalue weighted by molar-refractivity contribution is -0.137. The highest BCUT2D eigenvalue weighted by Gasteiger charge is 2.32. The quantitative estimate of drug-likeness (QED) is 0.177. The predicted molar refractivity (Wildman–Crippen MR) is 172 cm³/mol. The standard InChI is InChI=1S/C33H37BrF3N5O4/c1-6-25(26-19-27-28(34)21(2)39-42(27)31(45)41(26)20-22-11-8-7-9-12-22)40(18-10-17-38-30(44)46-32(3,4)5)29(43)23-13-15-24(16-14-23)33(35,36)37/h7-9,11-16,19,25H,6,10,17-18,20H2,1-5H3,(H,38,44)/t25-/m1/s1. The van der Waals surface area contributed by atoms with Crippen LogP contribution in [0.3, 0.4) is 0 Å². The van der Waals surface area contributed by atoms with E-state index in [1.807, 2.05) is 43.3 Å². The summed E-state index contributed by atoms with van der Waals surface area (Å²) in [4.78, 5) is 41.8. The molecule has 1 N–H and O–H groups in total. The minimum Gasteiger partial charge on any atom is -0.444 e. The number of alkyl carbamates (subject to hydrolysis) is 1. The van der Waals surface area contributed by atoms with Gasteiger partial charge < -0.3 is 15.0 Å². The zero-order valence-electron chi connectivity index (χ0n) is 26.3. The van der Waals surface area contributed by atoms with Crippen molar-refractivity contribution >= 4 is 33.4 Å². The normalized spacial score (nSPS) is 12.6. The van der Waals surface area contributed by atoms with Crippen LogP contribution in [0, 0.1) is 6.92 Å². The summed E-state index contributed by atoms with van der Waals surface area (Å²) >= 11 is 3.54. The molecule has 46 heavy (non-hydrogen) atoms. The molecule has 0 bridgehead atoms. The number of carbonyl (C=O) groups is 2. The topological polar surface area (TPSA) is 97.9 Å². The molecule has 0 unspecified atom stereocenters. The molecule has 2 amide bonds. The van der Waals surface area contributed by atoms with Crippen molar-refractivity contribution in [3.63, 3.8) is 0 Å². The average molecular weight is 705 g/mol. The molecule has 0 radical (unpaired) electrons. The molecule has 0 aliphatic rings. The van der Waals surface area contributed by atoms with Crippen molar-refractivity contribution in [3.8, 4) is 0 Å². The van der Waals surface area contributed by atoms with E-state index in [-0.39, 0.29) is 25.2 Å². The third kappa shape index (κ3) is 8.17. The molecule has 9 nitrogen and oxygen atoms in total. The van der Waals surface area contributed by atoms with Crippen LogP contribution < -0.4 is 11.0 Å². The van der Waals surface area contributed by atoms with Crippen molar-refractivity contribution in [2.75, 3.05) is 13.1 Å². The van der Waals surface area contributed by atoms with Crippen LogP contribution in [-0.2, 0) is 17.5 Å². The maximum atomic E-state index is 14.1. The molecule has 4 aromatic rings. The molecule has 0 saturated heterocycles. The summed E-state index contributed by atoms with van der Waals surface area (Å²) < 4.78 is 48.7. The highest BCUT2D eigenvalue weighted by molar-refractivity contribution is 9.10. The van der Waals surface area contributed by atoms with Gasteiger partial charge >= 0.3 is 18.0 Å². The van der Waals surface area contributed by atoms with Gasteiger partial charge in [-0.25, -0.2) is 9.59 Å². The van der Waals surface area contributed by atoms with Gasteiger partial charge in [0.15, 0.2) is 0 Å². The summed E-state index contributed by atoms with van der Waals surface area (Å²) in [7, 11) is 0. The van der Waals surface area contributed by atoms with Gasteiger partial charge in [0.1, 0.15) is 5.60 Å². The van der Waals surface area contributed by atoms with Gasteiger partial charge in [-0.3, -0.25) is 9.36 Å². The number of nitrogens with zero attached hydrogens (tertiary/aromatic N) is 4. The van der Waals surface area contributed by atoms with Crippen molar-refractivity contribution < 1.29 is 27.5 Å². The summed E-state index contributed by atoms with van der Waals surface area (Å²) in [6, 6.07) is 14.6. The highest BCUT2D eigenvalue weighted by atomic mass is 79.9. The van der Waals surface area contributed by atoms with Gasteiger partial charge in [0.2, 0.25) is 0 Å². The largest absolute Gasteiger partial charge is 0.444 e. The molecule has 2 heterocycles. The molecule has 2 aromatic heterocycles. The van der Waals surface area contributed by atoms with Crippen molar-refractivity contribution in [3.05, 3.63) is 104 Å². The first-order valence-corrected chi connectivity index (χ1v) is 15.7. The Hall–Kier alpha value is -4.13. The van der Waals surface area contributed by atoms with E-state index < -0.39 is 41.1 Å². The lowest BCUT2D eigenvalue weighted by Gasteiger charge is -2.33. The number of halogens is 4. The van der Waals surface area contributed by atoms with Crippen LogP contribution in [-0.4, -0.2) is 49.8 Å². The third-order valence-electron chi connectivity index (χ3n) is 7.28. The van der Waals surface area contributed by atoms with Crippen LogP contribution in [0.1, 0.15) is 79.5 Å². The molecule has 0 aliphatic heterocycles. The van der Waals surface area contributed by atoms with Crippen LogP contribution >= 0.6 is 15.9 Å². The number of rotatable bonds is 10. The number of nitrogens with one attached hydrogen (secondary N) is 1. The van der Waals surface area contributed by atoms with Gasteiger partial charge in [-0.05, 0) is 92.4 Å². The van der Waals surface area contributed by atoms with Gasteiger partial charge in [-0.15, -0.1) is 0 Å². The zero-order chi connectivity index (χ0) is 33.8. The summed E-state index contributed by atoms with van der Waals surface area (Å²) in [6.45, 7) is 9.37.